The van der Waals surface area contributed by atoms with Crippen LogP contribution in [0.3, 0.4) is 0 Å². The Morgan fingerprint density at radius 3 is 2.40 bits per heavy atom. The number of fused-ring (bicyclic) bond motifs is 1. The number of amides is 2. The summed E-state index contributed by atoms with van der Waals surface area (Å²) in [6.45, 7) is 9.51. The first-order valence-corrected chi connectivity index (χ1v) is 13.4. The van der Waals surface area contributed by atoms with Gasteiger partial charge in [0, 0.05) is 31.6 Å². The molecule has 0 bridgehead atoms. The third kappa shape index (κ3) is 6.15. The number of nitrogens with zero attached hydrogens (tertiary/aromatic N) is 2. The van der Waals surface area contributed by atoms with Crippen LogP contribution < -0.4 is 10.1 Å². The molecule has 0 aromatic heterocycles. The average Bonchev–Trinajstić information content (AvgIpc) is 2.80. The van der Waals surface area contributed by atoms with Gasteiger partial charge in [0.1, 0.15) is 16.7 Å². The molecule has 0 aliphatic carbocycles. The number of hydrogen-bond donors (Lipinski definition) is 2. The zero-order valence-electron chi connectivity index (χ0n) is 21.4. The molecule has 0 saturated carbocycles. The highest BCUT2D eigenvalue weighted by molar-refractivity contribution is 7.89. The Morgan fingerprint density at radius 2 is 1.80 bits per heavy atom. The van der Waals surface area contributed by atoms with Gasteiger partial charge < -0.3 is 20.1 Å². The van der Waals surface area contributed by atoms with Gasteiger partial charge in [-0.3, -0.25) is 0 Å². The molecule has 0 unspecified atom stereocenters. The Labute approximate surface area is 208 Å². The van der Waals surface area contributed by atoms with Crippen molar-refractivity contribution in [2.24, 2.45) is 5.92 Å². The fourth-order valence-electron chi connectivity index (χ4n) is 4.08. The quantitative estimate of drug-likeness (QED) is 0.629. The highest BCUT2D eigenvalue weighted by Gasteiger charge is 2.38. The predicted octanol–water partition coefficient (Wildman–Crippen LogP) is 3.48. The van der Waals surface area contributed by atoms with Gasteiger partial charge >= 0.3 is 6.03 Å². The van der Waals surface area contributed by atoms with Gasteiger partial charge in [0.25, 0.3) is 0 Å². The van der Waals surface area contributed by atoms with Gasteiger partial charge in [-0.15, -0.1) is 0 Å². The molecular formula is C26H37N3O5S. The second kappa shape index (κ2) is 11.0. The first-order valence-electron chi connectivity index (χ1n) is 12.0. The van der Waals surface area contributed by atoms with E-state index in [9.17, 15) is 18.3 Å². The van der Waals surface area contributed by atoms with Crippen molar-refractivity contribution in [1.82, 2.24) is 14.5 Å². The van der Waals surface area contributed by atoms with E-state index in [1.807, 2.05) is 52.0 Å². The number of likely N-dealkylation sites (N-methyl/N-ethyl adjacent to an activating group) is 1. The van der Waals surface area contributed by atoms with Gasteiger partial charge in [0.15, 0.2) is 0 Å². The first-order chi connectivity index (χ1) is 16.4. The number of benzene rings is 2. The van der Waals surface area contributed by atoms with Gasteiger partial charge in [-0.2, -0.15) is 4.31 Å². The number of nitrogens with one attached hydrogen (secondary N) is 1. The second-order valence-electron chi connectivity index (χ2n) is 9.75. The number of aliphatic hydroxyl groups is 1. The van der Waals surface area contributed by atoms with Crippen molar-refractivity contribution in [3.63, 3.8) is 0 Å². The van der Waals surface area contributed by atoms with Crippen LogP contribution >= 0.6 is 0 Å². The summed E-state index contributed by atoms with van der Waals surface area (Å²) in [6.07, 6.45) is -0.464. The molecule has 0 fully saturated rings. The van der Waals surface area contributed by atoms with E-state index in [0.29, 0.717) is 0 Å². The molecule has 2 N–H and O–H groups in total. The Hall–Kier alpha value is -2.62. The van der Waals surface area contributed by atoms with Crippen LogP contribution in [0.2, 0.25) is 0 Å². The van der Waals surface area contributed by atoms with E-state index < -0.39 is 22.2 Å². The normalized spacial score (nSPS) is 20.8. The molecule has 3 rings (SSSR count). The Morgan fingerprint density at radius 1 is 1.17 bits per heavy atom. The zero-order chi connectivity index (χ0) is 25.9. The summed E-state index contributed by atoms with van der Waals surface area (Å²) < 4.78 is 35.0. The van der Waals surface area contributed by atoms with Crippen LogP contribution in [0, 0.1) is 12.8 Å². The maximum atomic E-state index is 13.6. The molecule has 35 heavy (non-hydrogen) atoms. The highest BCUT2D eigenvalue weighted by atomic mass is 32.2. The SMILES string of the molecule is Cc1ccc(-c2ccc3c(c2)O[C@@H](CN(C)C(=O)NC(C)C)[C@H](C)CN([C@H](C)CO)S3(=O)=O)cc1. The number of sulfonamides is 1. The lowest BCUT2D eigenvalue weighted by atomic mass is 10.0. The molecule has 0 radical (unpaired) electrons. The van der Waals surface area contributed by atoms with E-state index >= 15 is 0 Å². The van der Waals surface area contributed by atoms with E-state index in [1.54, 1.807) is 37.1 Å². The van der Waals surface area contributed by atoms with Crippen LogP contribution in [0.25, 0.3) is 11.1 Å². The molecule has 3 atom stereocenters. The summed E-state index contributed by atoms with van der Waals surface area (Å²) in [5.74, 6) is -0.00307. The molecule has 2 amide bonds. The van der Waals surface area contributed by atoms with Crippen molar-refractivity contribution < 1.29 is 23.1 Å². The third-order valence-electron chi connectivity index (χ3n) is 6.26. The molecule has 9 heteroatoms. The van der Waals surface area contributed by atoms with Crippen LogP contribution in [0.4, 0.5) is 4.79 Å². The summed E-state index contributed by atoms with van der Waals surface area (Å²) in [5.41, 5.74) is 2.91. The minimum absolute atomic E-state index is 0.00976. The number of urea groups is 1. The standard InChI is InChI=1S/C26H37N3O5S/c1-17(2)27-26(31)28(6)15-24-19(4)14-29(20(5)16-30)35(32,33)25-12-11-22(13-23(25)34-24)21-9-7-18(3)8-10-21/h7-13,17,19-20,24,30H,14-16H2,1-6H3,(H,27,31)/t19-,20-,24+/m1/s1. The molecule has 1 heterocycles. The third-order valence-corrected chi connectivity index (χ3v) is 8.28. The minimum Gasteiger partial charge on any atom is -0.487 e. The van der Waals surface area contributed by atoms with Crippen molar-refractivity contribution in [3.8, 4) is 16.9 Å². The fourth-order valence-corrected chi connectivity index (χ4v) is 5.90. The van der Waals surface area contributed by atoms with E-state index in [4.69, 9.17) is 4.74 Å². The highest BCUT2D eigenvalue weighted by Crippen LogP contribution is 2.36. The summed E-state index contributed by atoms with van der Waals surface area (Å²) >= 11 is 0. The van der Waals surface area contributed by atoms with Gasteiger partial charge in [-0.25, -0.2) is 13.2 Å². The molecule has 2 aromatic rings. The summed E-state index contributed by atoms with van der Waals surface area (Å²) in [7, 11) is -2.23. The Kier molecular flexibility index (Phi) is 8.46. The van der Waals surface area contributed by atoms with Gasteiger partial charge in [-0.1, -0.05) is 42.8 Å². The second-order valence-corrected chi connectivity index (χ2v) is 11.6. The minimum atomic E-state index is -3.92. The molecule has 0 saturated heterocycles. The molecule has 2 aromatic carbocycles. The largest absolute Gasteiger partial charge is 0.487 e. The fraction of sp³-hybridized carbons (Fsp3) is 0.500. The Balaban J connectivity index is 2.06. The molecule has 192 valence electrons. The van der Waals surface area contributed by atoms with Crippen molar-refractivity contribution in [3.05, 3.63) is 48.0 Å². The number of aryl methyl sites for hydroxylation is 1. The van der Waals surface area contributed by atoms with Gasteiger partial charge in [0.2, 0.25) is 10.0 Å². The van der Waals surface area contributed by atoms with E-state index in [0.717, 1.165) is 16.7 Å². The average molecular weight is 504 g/mol. The smallest absolute Gasteiger partial charge is 0.317 e. The topological polar surface area (TPSA) is 99.2 Å². The first kappa shape index (κ1) is 27.0. The molecule has 1 aliphatic heterocycles. The number of aliphatic hydroxyl groups excluding tert-OH is 1. The summed E-state index contributed by atoms with van der Waals surface area (Å²) in [4.78, 5) is 14.2. The predicted molar refractivity (Wildman–Crippen MR) is 137 cm³/mol. The summed E-state index contributed by atoms with van der Waals surface area (Å²) in [5, 5.41) is 12.7. The van der Waals surface area contributed by atoms with Crippen molar-refractivity contribution in [2.45, 2.75) is 57.7 Å². The number of carbonyl (C=O) groups is 1. The Bertz CT molecular complexity index is 1130. The summed E-state index contributed by atoms with van der Waals surface area (Å²) in [6, 6.07) is 12.2. The van der Waals surface area contributed by atoms with Crippen LogP contribution in [-0.4, -0.2) is 73.7 Å². The number of ether oxygens (including phenoxy) is 1. The molecule has 0 spiro atoms. The van der Waals surface area contributed by atoms with Gasteiger partial charge in [-0.05, 0) is 51.0 Å². The lowest BCUT2D eigenvalue weighted by Crippen LogP contribution is -2.51. The van der Waals surface area contributed by atoms with E-state index in [1.165, 1.54) is 4.31 Å². The number of rotatable bonds is 6. The van der Waals surface area contributed by atoms with Crippen LogP contribution in [0.5, 0.6) is 5.75 Å². The number of carbonyl (C=O) groups excluding carboxylic acids is 1. The molecular weight excluding hydrogens is 466 g/mol. The van der Waals surface area contributed by atoms with Crippen molar-refractivity contribution >= 4 is 16.1 Å². The monoisotopic (exact) mass is 503 g/mol. The lowest BCUT2D eigenvalue weighted by molar-refractivity contribution is 0.0810. The zero-order valence-corrected chi connectivity index (χ0v) is 22.2. The molecule has 1 aliphatic rings. The van der Waals surface area contributed by atoms with Crippen LogP contribution in [0.15, 0.2) is 47.4 Å². The lowest BCUT2D eigenvalue weighted by Gasteiger charge is -2.37. The van der Waals surface area contributed by atoms with Crippen LogP contribution in [-0.2, 0) is 10.0 Å². The molecule has 8 nitrogen and oxygen atoms in total. The van der Waals surface area contributed by atoms with E-state index in [-0.39, 0.29) is 48.3 Å². The van der Waals surface area contributed by atoms with Crippen molar-refractivity contribution in [2.75, 3.05) is 26.7 Å². The maximum Gasteiger partial charge on any atom is 0.317 e. The maximum absolute atomic E-state index is 13.6. The van der Waals surface area contributed by atoms with Crippen molar-refractivity contribution in [1.29, 1.82) is 0 Å². The van der Waals surface area contributed by atoms with Crippen LogP contribution in [0.1, 0.15) is 33.3 Å². The number of hydrogen-bond acceptors (Lipinski definition) is 5. The van der Waals surface area contributed by atoms with E-state index in [2.05, 4.69) is 5.32 Å². The van der Waals surface area contributed by atoms with Gasteiger partial charge in [0.05, 0.1) is 13.2 Å².